The van der Waals surface area contributed by atoms with E-state index >= 15 is 0 Å². The zero-order valence-electron chi connectivity index (χ0n) is 11.9. The number of aryl methyl sites for hydroxylation is 1. The molecule has 0 atom stereocenters. The van der Waals surface area contributed by atoms with E-state index in [4.69, 9.17) is 23.2 Å². The van der Waals surface area contributed by atoms with Gasteiger partial charge in [-0.2, -0.15) is 0 Å². The van der Waals surface area contributed by atoms with Crippen LogP contribution in [-0.4, -0.2) is 10.9 Å². The Balaban J connectivity index is 1.76. The van der Waals surface area contributed by atoms with Crippen molar-refractivity contribution < 1.29 is 4.79 Å². The van der Waals surface area contributed by atoms with Crippen LogP contribution in [0.5, 0.6) is 0 Å². The van der Waals surface area contributed by atoms with Gasteiger partial charge >= 0.3 is 0 Å². The van der Waals surface area contributed by atoms with Crippen LogP contribution in [0.15, 0.2) is 42.6 Å². The summed E-state index contributed by atoms with van der Waals surface area (Å²) in [7, 11) is 0. The lowest BCUT2D eigenvalue weighted by atomic mass is 10.1. The van der Waals surface area contributed by atoms with Gasteiger partial charge in [-0.3, -0.25) is 4.79 Å². The Kier molecular flexibility index (Phi) is 4.10. The summed E-state index contributed by atoms with van der Waals surface area (Å²) in [5.74, 6) is -0.0873. The van der Waals surface area contributed by atoms with Crippen LogP contribution < -0.4 is 5.32 Å². The summed E-state index contributed by atoms with van der Waals surface area (Å²) in [5.41, 5.74) is 3.53. The molecule has 3 nitrogen and oxygen atoms in total. The van der Waals surface area contributed by atoms with Crippen molar-refractivity contribution in [3.05, 3.63) is 63.8 Å². The summed E-state index contributed by atoms with van der Waals surface area (Å²) in [6, 6.07) is 11.1. The minimum absolute atomic E-state index is 0.0873. The predicted octanol–water partition coefficient (Wildman–Crippen LogP) is 4.96. The lowest BCUT2D eigenvalue weighted by molar-refractivity contribution is -0.115. The number of H-pyrrole nitrogens is 1. The highest BCUT2D eigenvalue weighted by Crippen LogP contribution is 2.23. The Morgan fingerprint density at radius 3 is 2.77 bits per heavy atom. The van der Waals surface area contributed by atoms with Gasteiger partial charge in [0.2, 0.25) is 5.91 Å². The first kappa shape index (κ1) is 14.9. The number of nitrogens with one attached hydrogen (secondary N) is 2. The lowest BCUT2D eigenvalue weighted by Gasteiger charge is -2.06. The van der Waals surface area contributed by atoms with Crippen LogP contribution in [0.25, 0.3) is 10.9 Å². The number of carbonyl (C=O) groups excluding carboxylic acids is 1. The van der Waals surface area contributed by atoms with Crippen molar-refractivity contribution in [1.29, 1.82) is 0 Å². The van der Waals surface area contributed by atoms with Gasteiger partial charge in [-0.1, -0.05) is 35.3 Å². The molecule has 0 radical (unpaired) electrons. The summed E-state index contributed by atoms with van der Waals surface area (Å²) in [6.07, 6.45) is 2.12. The van der Waals surface area contributed by atoms with Gasteiger partial charge in [0.15, 0.2) is 0 Å². The lowest BCUT2D eigenvalue weighted by Crippen LogP contribution is -2.14. The Morgan fingerprint density at radius 2 is 2.00 bits per heavy atom. The highest BCUT2D eigenvalue weighted by Gasteiger charge is 2.10. The molecule has 1 aromatic heterocycles. The maximum Gasteiger partial charge on any atom is 0.228 e. The molecule has 0 aliphatic rings. The highest BCUT2D eigenvalue weighted by molar-refractivity contribution is 6.31. The Bertz CT molecular complexity index is 855. The number of hydrogen-bond acceptors (Lipinski definition) is 1. The molecule has 112 valence electrons. The number of hydrogen-bond donors (Lipinski definition) is 2. The molecule has 5 heteroatoms. The third kappa shape index (κ3) is 3.11. The van der Waals surface area contributed by atoms with Crippen molar-refractivity contribution in [3.8, 4) is 0 Å². The molecule has 3 rings (SSSR count). The van der Waals surface area contributed by atoms with Gasteiger partial charge in [-0.25, -0.2) is 0 Å². The van der Waals surface area contributed by atoms with E-state index in [0.717, 1.165) is 22.0 Å². The SMILES string of the molecule is Cc1ccc(NC(=O)Cc2c[nH]c3cc(Cl)ccc23)cc1Cl. The fourth-order valence-corrected chi connectivity index (χ4v) is 2.71. The van der Waals surface area contributed by atoms with Gasteiger partial charge in [0.1, 0.15) is 0 Å². The molecule has 1 heterocycles. The number of aromatic amines is 1. The van der Waals surface area contributed by atoms with Crippen molar-refractivity contribution in [2.24, 2.45) is 0 Å². The third-order valence-electron chi connectivity index (χ3n) is 3.54. The summed E-state index contributed by atoms with van der Waals surface area (Å²) in [4.78, 5) is 15.3. The molecule has 0 bridgehead atoms. The number of benzene rings is 2. The molecule has 0 fully saturated rings. The number of halogens is 2. The second-order valence-corrected chi connectivity index (χ2v) is 6.04. The van der Waals surface area contributed by atoms with Crippen LogP contribution in [0, 0.1) is 6.92 Å². The molecule has 2 N–H and O–H groups in total. The first-order valence-electron chi connectivity index (χ1n) is 6.84. The van der Waals surface area contributed by atoms with E-state index in [2.05, 4.69) is 10.3 Å². The van der Waals surface area contributed by atoms with Crippen molar-refractivity contribution >= 4 is 45.7 Å². The van der Waals surface area contributed by atoms with E-state index in [1.165, 1.54) is 0 Å². The number of carbonyl (C=O) groups is 1. The van der Waals surface area contributed by atoms with Crippen molar-refractivity contribution in [2.75, 3.05) is 5.32 Å². The molecule has 22 heavy (non-hydrogen) atoms. The zero-order chi connectivity index (χ0) is 15.7. The van der Waals surface area contributed by atoms with E-state index in [1.54, 1.807) is 6.07 Å². The normalized spacial score (nSPS) is 10.9. The Morgan fingerprint density at radius 1 is 1.18 bits per heavy atom. The summed E-state index contributed by atoms with van der Waals surface area (Å²) in [5, 5.41) is 5.17. The first-order chi connectivity index (χ1) is 10.5. The number of amides is 1. The minimum atomic E-state index is -0.0873. The molecule has 3 aromatic rings. The highest BCUT2D eigenvalue weighted by atomic mass is 35.5. The third-order valence-corrected chi connectivity index (χ3v) is 4.18. The summed E-state index contributed by atoms with van der Waals surface area (Å²) >= 11 is 12.0. The van der Waals surface area contributed by atoms with Crippen LogP contribution in [0.1, 0.15) is 11.1 Å². The largest absolute Gasteiger partial charge is 0.361 e. The monoisotopic (exact) mass is 332 g/mol. The molecular formula is C17H14Cl2N2O. The molecular weight excluding hydrogens is 319 g/mol. The molecule has 0 aliphatic heterocycles. The summed E-state index contributed by atoms with van der Waals surface area (Å²) in [6.45, 7) is 1.92. The van der Waals surface area contributed by atoms with Crippen molar-refractivity contribution in [1.82, 2.24) is 4.98 Å². The van der Waals surface area contributed by atoms with Crippen LogP contribution >= 0.6 is 23.2 Å². The fraction of sp³-hybridized carbons (Fsp3) is 0.118. The maximum absolute atomic E-state index is 12.2. The molecule has 0 saturated carbocycles. The van der Waals surface area contributed by atoms with E-state index in [9.17, 15) is 4.79 Å². The fourth-order valence-electron chi connectivity index (χ4n) is 2.35. The van der Waals surface area contributed by atoms with Crippen LogP contribution in [-0.2, 0) is 11.2 Å². The van der Waals surface area contributed by atoms with Crippen molar-refractivity contribution in [2.45, 2.75) is 13.3 Å². The van der Waals surface area contributed by atoms with Gasteiger partial charge in [0.05, 0.1) is 6.42 Å². The van der Waals surface area contributed by atoms with Gasteiger partial charge in [-0.05, 0) is 42.3 Å². The van der Waals surface area contributed by atoms with Crippen molar-refractivity contribution in [3.63, 3.8) is 0 Å². The second-order valence-electron chi connectivity index (χ2n) is 5.19. The summed E-state index contributed by atoms with van der Waals surface area (Å²) < 4.78 is 0. The van der Waals surface area contributed by atoms with Gasteiger partial charge in [-0.15, -0.1) is 0 Å². The maximum atomic E-state index is 12.2. The number of anilines is 1. The smallest absolute Gasteiger partial charge is 0.228 e. The molecule has 0 unspecified atom stereocenters. The van der Waals surface area contributed by atoms with E-state index in [-0.39, 0.29) is 12.3 Å². The topological polar surface area (TPSA) is 44.9 Å². The standard InChI is InChI=1S/C17H14Cl2N2O/c1-10-2-4-13(8-15(10)19)21-17(22)6-11-9-20-16-7-12(18)3-5-14(11)16/h2-5,7-9,20H,6H2,1H3,(H,21,22). The van der Waals surface area contributed by atoms with E-state index in [0.29, 0.717) is 15.7 Å². The number of fused-ring (bicyclic) bond motifs is 1. The average molecular weight is 333 g/mol. The number of aromatic nitrogens is 1. The molecule has 0 aliphatic carbocycles. The quantitative estimate of drug-likeness (QED) is 0.699. The van der Waals surface area contributed by atoms with Gasteiger partial charge < -0.3 is 10.3 Å². The van der Waals surface area contributed by atoms with Gasteiger partial charge in [0.25, 0.3) is 0 Å². The average Bonchev–Trinajstić information content (AvgIpc) is 2.85. The second kappa shape index (κ2) is 6.03. The molecule has 0 spiro atoms. The molecule has 2 aromatic carbocycles. The first-order valence-corrected chi connectivity index (χ1v) is 7.60. The van der Waals surface area contributed by atoms with E-state index < -0.39 is 0 Å². The Hall–Kier alpha value is -1.97. The molecule has 0 saturated heterocycles. The van der Waals surface area contributed by atoms with Crippen LogP contribution in [0.3, 0.4) is 0 Å². The molecule has 1 amide bonds. The van der Waals surface area contributed by atoms with E-state index in [1.807, 2.05) is 43.5 Å². The Labute approximate surface area is 138 Å². The van der Waals surface area contributed by atoms with Gasteiger partial charge in [0, 0.05) is 32.8 Å². The number of rotatable bonds is 3. The zero-order valence-corrected chi connectivity index (χ0v) is 13.4. The predicted molar refractivity (Wildman–Crippen MR) is 91.8 cm³/mol. The van der Waals surface area contributed by atoms with Crippen LogP contribution in [0.2, 0.25) is 10.0 Å². The minimum Gasteiger partial charge on any atom is -0.361 e. The van der Waals surface area contributed by atoms with Crippen LogP contribution in [0.4, 0.5) is 5.69 Å².